The first-order valence-electron chi connectivity index (χ1n) is 7.52. The number of ketones is 1. The lowest BCUT2D eigenvalue weighted by molar-refractivity contribution is -0.118. The van der Waals surface area contributed by atoms with E-state index in [0.29, 0.717) is 22.9 Å². The van der Waals surface area contributed by atoms with Gasteiger partial charge < -0.3 is 14.5 Å². The van der Waals surface area contributed by atoms with E-state index >= 15 is 0 Å². The van der Waals surface area contributed by atoms with Crippen LogP contribution in [-0.4, -0.2) is 28.5 Å². The molecule has 0 unspecified atom stereocenters. The molecule has 0 saturated heterocycles. The smallest absolute Gasteiger partial charge is 0.262 e. The molecule has 0 spiro atoms. The van der Waals surface area contributed by atoms with Crippen LogP contribution in [0.2, 0.25) is 0 Å². The van der Waals surface area contributed by atoms with Gasteiger partial charge in [0.25, 0.3) is 5.91 Å². The second-order valence-electron chi connectivity index (χ2n) is 5.24. The summed E-state index contributed by atoms with van der Waals surface area (Å²) in [6, 6.07) is 13.7. The van der Waals surface area contributed by atoms with Crippen molar-refractivity contribution in [3.63, 3.8) is 0 Å². The molecule has 126 valence electrons. The van der Waals surface area contributed by atoms with Crippen molar-refractivity contribution in [2.45, 2.75) is 6.92 Å². The number of nitrogens with zero attached hydrogens (tertiary/aromatic N) is 2. The van der Waals surface area contributed by atoms with E-state index in [0.717, 1.165) is 5.56 Å². The lowest BCUT2D eigenvalue weighted by Crippen LogP contribution is -2.20. The monoisotopic (exact) mass is 337 g/mol. The number of ether oxygens (including phenoxy) is 1. The van der Waals surface area contributed by atoms with Crippen LogP contribution in [0, 0.1) is 0 Å². The van der Waals surface area contributed by atoms with Gasteiger partial charge in [0, 0.05) is 16.8 Å². The quantitative estimate of drug-likeness (QED) is 0.695. The molecule has 0 atom stereocenters. The van der Waals surface area contributed by atoms with Crippen LogP contribution in [0.3, 0.4) is 0 Å². The van der Waals surface area contributed by atoms with E-state index in [1.165, 1.54) is 13.3 Å². The number of carbonyl (C=O) groups excluding carboxylic acids is 2. The van der Waals surface area contributed by atoms with Crippen molar-refractivity contribution in [1.29, 1.82) is 0 Å². The topological polar surface area (TPSA) is 94.3 Å². The molecule has 1 aromatic heterocycles. The first-order chi connectivity index (χ1) is 12.1. The summed E-state index contributed by atoms with van der Waals surface area (Å²) in [7, 11) is 0. The Morgan fingerprint density at radius 1 is 1.16 bits per heavy atom. The summed E-state index contributed by atoms with van der Waals surface area (Å²) in [6.45, 7) is 1.33. The zero-order valence-corrected chi connectivity index (χ0v) is 13.4. The molecule has 7 heteroatoms. The second-order valence-corrected chi connectivity index (χ2v) is 5.24. The van der Waals surface area contributed by atoms with Crippen molar-refractivity contribution in [3.05, 3.63) is 60.5 Å². The largest absolute Gasteiger partial charge is 0.484 e. The van der Waals surface area contributed by atoms with Gasteiger partial charge in [-0.15, -0.1) is 10.2 Å². The number of aromatic nitrogens is 2. The summed E-state index contributed by atoms with van der Waals surface area (Å²) in [6.07, 6.45) is 1.26. The number of Topliss-reactive ketones (excluding diaryl/α,β-unsaturated/α-hetero) is 1. The molecule has 0 aliphatic carbocycles. The average Bonchev–Trinajstić information content (AvgIpc) is 3.15. The maximum atomic E-state index is 12.0. The Labute approximate surface area is 143 Å². The van der Waals surface area contributed by atoms with Gasteiger partial charge in [0.05, 0.1) is 0 Å². The predicted molar refractivity (Wildman–Crippen MR) is 90.3 cm³/mol. The molecule has 1 N–H and O–H groups in total. The van der Waals surface area contributed by atoms with Gasteiger partial charge in [-0.05, 0) is 43.3 Å². The zero-order chi connectivity index (χ0) is 17.6. The summed E-state index contributed by atoms with van der Waals surface area (Å²) < 4.78 is 10.5. The fraction of sp³-hybridized carbons (Fsp3) is 0.111. The van der Waals surface area contributed by atoms with Gasteiger partial charge >= 0.3 is 0 Å². The summed E-state index contributed by atoms with van der Waals surface area (Å²) in [5.41, 5.74) is 1.85. The summed E-state index contributed by atoms with van der Waals surface area (Å²) in [4.78, 5) is 23.3. The second kappa shape index (κ2) is 7.39. The lowest BCUT2D eigenvalue weighted by atomic mass is 10.1. The fourth-order valence-corrected chi connectivity index (χ4v) is 2.15. The fourth-order valence-electron chi connectivity index (χ4n) is 2.15. The minimum atomic E-state index is -0.318. The third-order valence-corrected chi connectivity index (χ3v) is 3.38. The van der Waals surface area contributed by atoms with Crippen LogP contribution in [0.15, 0.2) is 59.3 Å². The highest BCUT2D eigenvalue weighted by Crippen LogP contribution is 2.20. The van der Waals surface area contributed by atoms with Gasteiger partial charge in [-0.1, -0.05) is 12.1 Å². The standard InChI is InChI=1S/C18H15N3O4/c1-12(22)14-3-2-4-15(9-14)20-17(23)10-24-16-7-5-13(6-8-16)18-21-19-11-25-18/h2-9,11H,10H2,1H3,(H,20,23). The number of amides is 1. The van der Waals surface area contributed by atoms with E-state index in [1.54, 1.807) is 48.5 Å². The van der Waals surface area contributed by atoms with E-state index < -0.39 is 0 Å². The SMILES string of the molecule is CC(=O)c1cccc(NC(=O)COc2ccc(-c3nnco3)cc2)c1. The minimum Gasteiger partial charge on any atom is -0.484 e. The number of carbonyl (C=O) groups is 2. The Kier molecular flexibility index (Phi) is 4.84. The van der Waals surface area contributed by atoms with Crippen LogP contribution in [0.5, 0.6) is 5.75 Å². The maximum absolute atomic E-state index is 12.0. The van der Waals surface area contributed by atoms with Crippen LogP contribution in [-0.2, 0) is 4.79 Å². The molecule has 7 nitrogen and oxygen atoms in total. The van der Waals surface area contributed by atoms with Crippen molar-refractivity contribution < 1.29 is 18.7 Å². The lowest BCUT2D eigenvalue weighted by Gasteiger charge is -2.08. The van der Waals surface area contributed by atoms with Crippen LogP contribution >= 0.6 is 0 Å². The Balaban J connectivity index is 1.55. The molecule has 0 saturated carbocycles. The molecule has 0 radical (unpaired) electrons. The Morgan fingerprint density at radius 2 is 1.96 bits per heavy atom. The Hall–Kier alpha value is -3.48. The number of anilines is 1. The first kappa shape index (κ1) is 16.4. The van der Waals surface area contributed by atoms with Crippen LogP contribution < -0.4 is 10.1 Å². The van der Waals surface area contributed by atoms with E-state index in [-0.39, 0.29) is 18.3 Å². The number of hydrogen-bond acceptors (Lipinski definition) is 6. The van der Waals surface area contributed by atoms with Crippen molar-refractivity contribution in [1.82, 2.24) is 10.2 Å². The molecular weight excluding hydrogens is 322 g/mol. The highest BCUT2D eigenvalue weighted by Gasteiger charge is 2.07. The highest BCUT2D eigenvalue weighted by molar-refractivity contribution is 5.97. The number of hydrogen-bond donors (Lipinski definition) is 1. The van der Waals surface area contributed by atoms with Crippen molar-refractivity contribution in [2.75, 3.05) is 11.9 Å². The molecule has 0 aliphatic heterocycles. The molecule has 3 rings (SSSR count). The normalized spacial score (nSPS) is 10.3. The molecule has 1 heterocycles. The molecule has 1 amide bonds. The average molecular weight is 337 g/mol. The van der Waals surface area contributed by atoms with E-state index in [9.17, 15) is 9.59 Å². The molecule has 0 fully saturated rings. The van der Waals surface area contributed by atoms with E-state index in [2.05, 4.69) is 15.5 Å². The van der Waals surface area contributed by atoms with Gasteiger partial charge in [-0.2, -0.15) is 0 Å². The van der Waals surface area contributed by atoms with E-state index in [4.69, 9.17) is 9.15 Å². The maximum Gasteiger partial charge on any atom is 0.262 e. The predicted octanol–water partition coefficient (Wildman–Crippen LogP) is 2.96. The van der Waals surface area contributed by atoms with Gasteiger partial charge in [-0.3, -0.25) is 9.59 Å². The molecule has 3 aromatic rings. The van der Waals surface area contributed by atoms with Crippen LogP contribution in [0.1, 0.15) is 17.3 Å². The summed E-state index contributed by atoms with van der Waals surface area (Å²) in [5.74, 6) is 0.570. The van der Waals surface area contributed by atoms with E-state index in [1.807, 2.05) is 0 Å². The molecule has 2 aromatic carbocycles. The third-order valence-electron chi connectivity index (χ3n) is 3.38. The number of nitrogens with one attached hydrogen (secondary N) is 1. The van der Waals surface area contributed by atoms with Crippen molar-refractivity contribution in [2.24, 2.45) is 0 Å². The zero-order valence-electron chi connectivity index (χ0n) is 13.4. The Morgan fingerprint density at radius 3 is 2.64 bits per heavy atom. The van der Waals surface area contributed by atoms with Gasteiger partial charge in [0.1, 0.15) is 5.75 Å². The molecule has 0 aliphatic rings. The molecule has 0 bridgehead atoms. The van der Waals surface area contributed by atoms with Gasteiger partial charge in [0.2, 0.25) is 12.3 Å². The highest BCUT2D eigenvalue weighted by atomic mass is 16.5. The first-order valence-corrected chi connectivity index (χ1v) is 7.52. The van der Waals surface area contributed by atoms with Crippen LogP contribution in [0.4, 0.5) is 5.69 Å². The van der Waals surface area contributed by atoms with Crippen molar-refractivity contribution >= 4 is 17.4 Å². The molecular formula is C18H15N3O4. The third kappa shape index (κ3) is 4.29. The van der Waals surface area contributed by atoms with Gasteiger partial charge in [0.15, 0.2) is 12.4 Å². The molecule has 25 heavy (non-hydrogen) atoms. The summed E-state index contributed by atoms with van der Waals surface area (Å²) in [5, 5.41) is 10.1. The van der Waals surface area contributed by atoms with Gasteiger partial charge in [-0.25, -0.2) is 0 Å². The summed E-state index contributed by atoms with van der Waals surface area (Å²) >= 11 is 0. The Bertz CT molecular complexity index is 874. The van der Waals surface area contributed by atoms with Crippen LogP contribution in [0.25, 0.3) is 11.5 Å². The van der Waals surface area contributed by atoms with Crippen molar-refractivity contribution in [3.8, 4) is 17.2 Å². The number of rotatable bonds is 6. The minimum absolute atomic E-state index is 0.0614. The number of benzene rings is 2.